The van der Waals surface area contributed by atoms with Gasteiger partial charge in [0, 0.05) is 11.8 Å². The lowest BCUT2D eigenvalue weighted by molar-refractivity contribution is -0.164. The third-order valence-electron chi connectivity index (χ3n) is 5.14. The van der Waals surface area contributed by atoms with Crippen LogP contribution < -0.4 is 0 Å². The van der Waals surface area contributed by atoms with Gasteiger partial charge in [-0.25, -0.2) is 0 Å². The maximum absolute atomic E-state index is 12.0. The molecule has 0 amide bonds. The van der Waals surface area contributed by atoms with Crippen molar-refractivity contribution in [3.63, 3.8) is 0 Å². The Hall–Kier alpha value is -0.330. The summed E-state index contributed by atoms with van der Waals surface area (Å²) in [5, 5.41) is 0. The van der Waals surface area contributed by atoms with E-state index < -0.39 is 0 Å². The van der Waals surface area contributed by atoms with Crippen molar-refractivity contribution in [3.8, 4) is 0 Å². The third-order valence-corrected chi connectivity index (χ3v) is 5.14. The highest BCUT2D eigenvalue weighted by molar-refractivity contribution is 5.88. The standard InChI is InChI=1S/C12H18O/c1-8-9-4-2-6-11(13)12(9)7-3-5-10(8)12/h8-10H,2-7H2,1H3/t8-,9-,10-,12+/m1/s1. The van der Waals surface area contributed by atoms with E-state index in [0.29, 0.717) is 5.78 Å². The van der Waals surface area contributed by atoms with Crippen LogP contribution in [0.3, 0.4) is 0 Å². The quantitative estimate of drug-likeness (QED) is 0.557. The Morgan fingerprint density at radius 3 is 2.69 bits per heavy atom. The second-order valence-electron chi connectivity index (χ2n) is 5.32. The van der Waals surface area contributed by atoms with Crippen molar-refractivity contribution >= 4 is 5.78 Å². The molecule has 1 nitrogen and oxygen atoms in total. The second kappa shape index (κ2) is 2.37. The summed E-state index contributed by atoms with van der Waals surface area (Å²) < 4.78 is 0. The highest BCUT2D eigenvalue weighted by Crippen LogP contribution is 2.68. The molecule has 0 heterocycles. The van der Waals surface area contributed by atoms with Gasteiger partial charge in [-0.05, 0) is 43.4 Å². The van der Waals surface area contributed by atoms with E-state index in [1.807, 2.05) is 0 Å². The molecule has 0 aromatic rings. The molecule has 0 aliphatic heterocycles. The number of ketones is 1. The molecule has 3 rings (SSSR count). The largest absolute Gasteiger partial charge is 0.299 e. The van der Waals surface area contributed by atoms with Crippen LogP contribution in [0.1, 0.15) is 45.4 Å². The van der Waals surface area contributed by atoms with Crippen molar-refractivity contribution in [1.82, 2.24) is 0 Å². The van der Waals surface area contributed by atoms with Crippen molar-refractivity contribution in [2.24, 2.45) is 23.2 Å². The van der Waals surface area contributed by atoms with Crippen LogP contribution in [-0.4, -0.2) is 5.78 Å². The topological polar surface area (TPSA) is 17.1 Å². The number of hydrogen-bond donors (Lipinski definition) is 0. The first-order valence-electron chi connectivity index (χ1n) is 5.80. The summed E-state index contributed by atoms with van der Waals surface area (Å²) >= 11 is 0. The highest BCUT2D eigenvalue weighted by Gasteiger charge is 2.65. The van der Waals surface area contributed by atoms with E-state index in [1.54, 1.807) is 0 Å². The fraction of sp³-hybridized carbons (Fsp3) is 0.917. The Kier molecular flexibility index (Phi) is 1.46. The van der Waals surface area contributed by atoms with Gasteiger partial charge in [0.25, 0.3) is 0 Å². The average Bonchev–Trinajstić information content (AvgIpc) is 2.50. The Morgan fingerprint density at radius 2 is 1.92 bits per heavy atom. The first-order chi connectivity index (χ1) is 6.27. The summed E-state index contributed by atoms with van der Waals surface area (Å²) in [6, 6.07) is 0. The molecule has 1 heteroatoms. The van der Waals surface area contributed by atoms with Crippen molar-refractivity contribution in [3.05, 3.63) is 0 Å². The fourth-order valence-electron chi connectivity index (χ4n) is 4.67. The van der Waals surface area contributed by atoms with Gasteiger partial charge in [0.15, 0.2) is 0 Å². The predicted molar refractivity (Wildman–Crippen MR) is 51.3 cm³/mol. The molecule has 3 aliphatic rings. The molecule has 0 N–H and O–H groups in total. The normalized spacial score (nSPS) is 53.9. The monoisotopic (exact) mass is 178 g/mol. The van der Waals surface area contributed by atoms with Crippen LogP contribution in [0.15, 0.2) is 0 Å². The molecule has 0 bridgehead atoms. The highest BCUT2D eigenvalue weighted by atomic mass is 16.1. The number of carbonyl (C=O) groups is 1. The maximum atomic E-state index is 12.0. The lowest BCUT2D eigenvalue weighted by Gasteiger charge is -2.59. The van der Waals surface area contributed by atoms with Crippen LogP contribution in [0.2, 0.25) is 0 Å². The summed E-state index contributed by atoms with van der Waals surface area (Å²) in [6.45, 7) is 2.37. The molecule has 3 fully saturated rings. The molecular weight excluding hydrogens is 160 g/mol. The lowest BCUT2D eigenvalue weighted by atomic mass is 9.44. The molecule has 0 radical (unpaired) electrons. The zero-order valence-electron chi connectivity index (χ0n) is 8.38. The third kappa shape index (κ3) is 0.730. The molecule has 4 atom stereocenters. The Balaban J connectivity index is 1.98. The van der Waals surface area contributed by atoms with E-state index in [0.717, 1.165) is 24.2 Å². The molecule has 0 aromatic carbocycles. The van der Waals surface area contributed by atoms with Crippen LogP contribution in [0.4, 0.5) is 0 Å². The summed E-state index contributed by atoms with van der Waals surface area (Å²) in [5.74, 6) is 3.04. The van der Waals surface area contributed by atoms with Crippen molar-refractivity contribution < 1.29 is 4.79 Å². The Bertz CT molecular complexity index is 258. The minimum atomic E-state index is 0.220. The van der Waals surface area contributed by atoms with Crippen LogP contribution in [0, 0.1) is 23.2 Å². The van der Waals surface area contributed by atoms with Crippen molar-refractivity contribution in [2.45, 2.75) is 45.4 Å². The zero-order chi connectivity index (χ0) is 9.05. The first-order valence-corrected chi connectivity index (χ1v) is 5.80. The van der Waals surface area contributed by atoms with Gasteiger partial charge < -0.3 is 0 Å². The number of Topliss-reactive ketones (excluding diaryl/α,β-unsaturated/α-hetero) is 1. The zero-order valence-corrected chi connectivity index (χ0v) is 8.38. The molecule has 1 spiro atoms. The first kappa shape index (κ1) is 8.02. The summed E-state index contributed by atoms with van der Waals surface area (Å²) in [5.41, 5.74) is 0.220. The molecule has 72 valence electrons. The summed E-state index contributed by atoms with van der Waals surface area (Å²) in [4.78, 5) is 12.0. The Morgan fingerprint density at radius 1 is 1.23 bits per heavy atom. The maximum Gasteiger partial charge on any atom is 0.139 e. The minimum absolute atomic E-state index is 0.220. The van der Waals surface area contributed by atoms with Gasteiger partial charge in [-0.2, -0.15) is 0 Å². The SMILES string of the molecule is C[C@@H]1[C@H]2CCCC(=O)[C@@]23CCC[C@H]13. The van der Waals surface area contributed by atoms with Crippen LogP contribution in [0.5, 0.6) is 0 Å². The molecule has 13 heavy (non-hydrogen) atoms. The predicted octanol–water partition coefficient (Wildman–Crippen LogP) is 2.79. The van der Waals surface area contributed by atoms with Crippen LogP contribution in [0.25, 0.3) is 0 Å². The molecule has 0 saturated heterocycles. The van der Waals surface area contributed by atoms with Gasteiger partial charge in [-0.15, -0.1) is 0 Å². The van der Waals surface area contributed by atoms with E-state index in [2.05, 4.69) is 6.92 Å². The second-order valence-corrected chi connectivity index (χ2v) is 5.32. The van der Waals surface area contributed by atoms with Gasteiger partial charge in [0.05, 0.1) is 0 Å². The summed E-state index contributed by atoms with van der Waals surface area (Å²) in [7, 11) is 0. The van der Waals surface area contributed by atoms with E-state index in [9.17, 15) is 4.79 Å². The average molecular weight is 178 g/mol. The van der Waals surface area contributed by atoms with Crippen molar-refractivity contribution in [1.29, 1.82) is 0 Å². The van der Waals surface area contributed by atoms with Gasteiger partial charge in [0.1, 0.15) is 5.78 Å². The van der Waals surface area contributed by atoms with Gasteiger partial charge in [0.2, 0.25) is 0 Å². The molecular formula is C12H18O. The van der Waals surface area contributed by atoms with Crippen molar-refractivity contribution in [2.75, 3.05) is 0 Å². The Labute approximate surface area is 79.9 Å². The minimum Gasteiger partial charge on any atom is -0.299 e. The van der Waals surface area contributed by atoms with Gasteiger partial charge in [-0.3, -0.25) is 4.79 Å². The number of rotatable bonds is 0. The molecule has 3 saturated carbocycles. The van der Waals surface area contributed by atoms with Gasteiger partial charge >= 0.3 is 0 Å². The lowest BCUT2D eigenvalue weighted by Crippen LogP contribution is -2.59. The molecule has 3 aliphatic carbocycles. The summed E-state index contributed by atoms with van der Waals surface area (Å²) in [6.07, 6.45) is 7.28. The van der Waals surface area contributed by atoms with E-state index in [1.165, 1.54) is 32.1 Å². The number of hydrogen-bond acceptors (Lipinski definition) is 1. The van der Waals surface area contributed by atoms with Crippen LogP contribution in [-0.2, 0) is 4.79 Å². The smallest absolute Gasteiger partial charge is 0.139 e. The molecule has 0 unspecified atom stereocenters. The van der Waals surface area contributed by atoms with E-state index in [-0.39, 0.29) is 5.41 Å². The number of carbonyl (C=O) groups excluding carboxylic acids is 1. The van der Waals surface area contributed by atoms with Gasteiger partial charge in [-0.1, -0.05) is 13.3 Å². The van der Waals surface area contributed by atoms with E-state index in [4.69, 9.17) is 0 Å². The fourth-order valence-corrected chi connectivity index (χ4v) is 4.67. The van der Waals surface area contributed by atoms with E-state index >= 15 is 0 Å². The van der Waals surface area contributed by atoms with Crippen LogP contribution >= 0.6 is 0 Å². The molecule has 0 aromatic heterocycles.